The summed E-state index contributed by atoms with van der Waals surface area (Å²) in [7, 11) is 0. The normalized spacial score (nSPS) is 11.8. The lowest BCUT2D eigenvalue weighted by molar-refractivity contribution is -0.137. The molecule has 16 heavy (non-hydrogen) atoms. The molecule has 0 radical (unpaired) electrons. The zero-order chi connectivity index (χ0) is 11.8. The van der Waals surface area contributed by atoms with Crippen LogP contribution in [0.5, 0.6) is 0 Å². The first-order valence-corrected chi connectivity index (χ1v) is 4.73. The highest BCUT2D eigenvalue weighted by Crippen LogP contribution is 2.37. The molecular weight excluding hydrogens is 241 g/mol. The third-order valence-electron chi connectivity index (χ3n) is 2.08. The van der Waals surface area contributed by atoms with Gasteiger partial charge in [0.2, 0.25) is 0 Å². The van der Waals surface area contributed by atoms with Crippen molar-refractivity contribution >= 4 is 11.6 Å². The molecule has 0 atom stereocenters. The Labute approximate surface area is 94.1 Å². The van der Waals surface area contributed by atoms with Crippen LogP contribution in [0.1, 0.15) is 5.56 Å². The van der Waals surface area contributed by atoms with Crippen molar-refractivity contribution in [3.8, 4) is 11.3 Å². The number of halogens is 4. The van der Waals surface area contributed by atoms with Crippen molar-refractivity contribution in [1.82, 2.24) is 10.2 Å². The summed E-state index contributed by atoms with van der Waals surface area (Å²) in [4.78, 5) is 0. The van der Waals surface area contributed by atoms with Crippen LogP contribution in [0.25, 0.3) is 11.3 Å². The zero-order valence-corrected chi connectivity index (χ0v) is 8.60. The maximum absolute atomic E-state index is 12.7. The molecule has 2 aromatic rings. The van der Waals surface area contributed by atoms with E-state index in [1.54, 1.807) is 0 Å². The van der Waals surface area contributed by atoms with Crippen LogP contribution in [0.4, 0.5) is 13.2 Å². The van der Waals surface area contributed by atoms with Crippen molar-refractivity contribution in [2.45, 2.75) is 6.18 Å². The minimum atomic E-state index is -4.44. The SMILES string of the molecule is FC(F)(F)c1cc(Cl)ccc1-c1ccn[nH]1. The van der Waals surface area contributed by atoms with Crippen molar-refractivity contribution in [2.24, 2.45) is 0 Å². The predicted octanol–water partition coefficient (Wildman–Crippen LogP) is 3.75. The first-order valence-electron chi connectivity index (χ1n) is 4.35. The van der Waals surface area contributed by atoms with Crippen molar-refractivity contribution < 1.29 is 13.2 Å². The lowest BCUT2D eigenvalue weighted by atomic mass is 10.0. The second kappa shape index (κ2) is 3.83. The van der Waals surface area contributed by atoms with E-state index in [0.29, 0.717) is 5.69 Å². The fourth-order valence-corrected chi connectivity index (χ4v) is 1.56. The molecule has 0 aliphatic rings. The van der Waals surface area contributed by atoms with E-state index < -0.39 is 11.7 Å². The van der Waals surface area contributed by atoms with Crippen LogP contribution in [-0.4, -0.2) is 10.2 Å². The van der Waals surface area contributed by atoms with Crippen molar-refractivity contribution in [1.29, 1.82) is 0 Å². The standard InChI is InChI=1S/C10H6ClF3N2/c11-6-1-2-7(9-3-4-15-16-9)8(5-6)10(12,13)14/h1-5H,(H,15,16). The molecule has 0 fully saturated rings. The Morgan fingerprint density at radius 1 is 1.19 bits per heavy atom. The molecule has 0 spiro atoms. The molecular formula is C10H6ClF3N2. The second-order valence-electron chi connectivity index (χ2n) is 3.16. The molecule has 6 heteroatoms. The van der Waals surface area contributed by atoms with Gasteiger partial charge in [0.15, 0.2) is 0 Å². The first-order chi connectivity index (χ1) is 7.48. The summed E-state index contributed by atoms with van der Waals surface area (Å²) in [6, 6.07) is 5.10. The highest BCUT2D eigenvalue weighted by Gasteiger charge is 2.34. The van der Waals surface area contributed by atoms with E-state index in [-0.39, 0.29) is 10.6 Å². The van der Waals surface area contributed by atoms with Crippen molar-refractivity contribution in [3.63, 3.8) is 0 Å². The summed E-state index contributed by atoms with van der Waals surface area (Å²) < 4.78 is 38.2. The number of H-pyrrole nitrogens is 1. The maximum atomic E-state index is 12.7. The summed E-state index contributed by atoms with van der Waals surface area (Å²) in [6.07, 6.45) is -3.05. The Kier molecular flexibility index (Phi) is 2.63. The van der Waals surface area contributed by atoms with Crippen LogP contribution in [0, 0.1) is 0 Å². The molecule has 2 rings (SSSR count). The molecule has 0 bridgehead atoms. The Hall–Kier alpha value is -1.49. The number of hydrogen-bond donors (Lipinski definition) is 1. The van der Waals surface area contributed by atoms with E-state index >= 15 is 0 Å². The van der Waals surface area contributed by atoms with Gasteiger partial charge in [0.05, 0.1) is 11.3 Å². The minimum Gasteiger partial charge on any atom is -0.278 e. The van der Waals surface area contributed by atoms with Gasteiger partial charge in [0.1, 0.15) is 0 Å². The predicted molar refractivity (Wildman–Crippen MR) is 54.0 cm³/mol. The summed E-state index contributed by atoms with van der Waals surface area (Å²) >= 11 is 5.56. The smallest absolute Gasteiger partial charge is 0.278 e. The summed E-state index contributed by atoms with van der Waals surface area (Å²) in [5, 5.41) is 6.16. The Morgan fingerprint density at radius 2 is 1.94 bits per heavy atom. The van der Waals surface area contributed by atoms with Gasteiger partial charge in [-0.25, -0.2) is 0 Å². The van der Waals surface area contributed by atoms with Crippen LogP contribution in [0.15, 0.2) is 30.5 Å². The fourth-order valence-electron chi connectivity index (χ4n) is 1.39. The molecule has 1 aromatic carbocycles. The molecule has 84 valence electrons. The van der Waals surface area contributed by atoms with Gasteiger partial charge in [-0.2, -0.15) is 18.3 Å². The van der Waals surface area contributed by atoms with Gasteiger partial charge >= 0.3 is 6.18 Å². The van der Waals surface area contributed by atoms with E-state index in [2.05, 4.69) is 10.2 Å². The van der Waals surface area contributed by atoms with Gasteiger partial charge in [0.25, 0.3) is 0 Å². The number of benzene rings is 1. The van der Waals surface area contributed by atoms with E-state index in [1.807, 2.05) is 0 Å². The molecule has 0 saturated carbocycles. The number of aromatic amines is 1. The molecule has 0 saturated heterocycles. The minimum absolute atomic E-state index is 0.0365. The van der Waals surface area contributed by atoms with Crippen LogP contribution in [-0.2, 0) is 6.18 Å². The number of rotatable bonds is 1. The van der Waals surface area contributed by atoms with E-state index in [4.69, 9.17) is 11.6 Å². The van der Waals surface area contributed by atoms with Gasteiger partial charge in [0, 0.05) is 16.8 Å². The number of aromatic nitrogens is 2. The average molecular weight is 247 g/mol. The van der Waals surface area contributed by atoms with E-state index in [1.165, 1.54) is 24.4 Å². The Bertz CT molecular complexity index is 491. The molecule has 0 unspecified atom stereocenters. The number of nitrogens with one attached hydrogen (secondary N) is 1. The van der Waals surface area contributed by atoms with Gasteiger partial charge in [-0.1, -0.05) is 17.7 Å². The molecule has 1 aromatic heterocycles. The van der Waals surface area contributed by atoms with E-state index in [0.717, 1.165) is 6.07 Å². The largest absolute Gasteiger partial charge is 0.417 e. The van der Waals surface area contributed by atoms with Gasteiger partial charge in [-0.3, -0.25) is 5.10 Å². The molecule has 2 nitrogen and oxygen atoms in total. The first kappa shape index (κ1) is 11.0. The maximum Gasteiger partial charge on any atom is 0.417 e. The molecule has 0 aliphatic carbocycles. The molecule has 0 amide bonds. The highest BCUT2D eigenvalue weighted by molar-refractivity contribution is 6.30. The highest BCUT2D eigenvalue weighted by atomic mass is 35.5. The summed E-state index contributed by atoms with van der Waals surface area (Å²) in [6.45, 7) is 0. The lowest BCUT2D eigenvalue weighted by Crippen LogP contribution is -2.07. The van der Waals surface area contributed by atoms with Crippen LogP contribution in [0.2, 0.25) is 5.02 Å². The quantitative estimate of drug-likeness (QED) is 0.816. The van der Waals surface area contributed by atoms with Crippen LogP contribution < -0.4 is 0 Å². The molecule has 1 N–H and O–H groups in total. The number of hydrogen-bond acceptors (Lipinski definition) is 1. The number of nitrogens with zero attached hydrogens (tertiary/aromatic N) is 1. The zero-order valence-electron chi connectivity index (χ0n) is 7.85. The second-order valence-corrected chi connectivity index (χ2v) is 3.59. The third-order valence-corrected chi connectivity index (χ3v) is 2.31. The van der Waals surface area contributed by atoms with Gasteiger partial charge in [-0.15, -0.1) is 0 Å². The van der Waals surface area contributed by atoms with E-state index in [9.17, 15) is 13.2 Å². The Balaban J connectivity index is 2.62. The summed E-state index contributed by atoms with van der Waals surface area (Å²) in [5.74, 6) is 0. The fraction of sp³-hybridized carbons (Fsp3) is 0.100. The Morgan fingerprint density at radius 3 is 2.50 bits per heavy atom. The van der Waals surface area contributed by atoms with Gasteiger partial charge < -0.3 is 0 Å². The van der Waals surface area contributed by atoms with Crippen molar-refractivity contribution in [2.75, 3.05) is 0 Å². The monoisotopic (exact) mass is 246 g/mol. The average Bonchev–Trinajstić information content (AvgIpc) is 2.69. The van der Waals surface area contributed by atoms with Crippen LogP contribution >= 0.6 is 11.6 Å². The lowest BCUT2D eigenvalue weighted by Gasteiger charge is -2.11. The van der Waals surface area contributed by atoms with Crippen LogP contribution in [0.3, 0.4) is 0 Å². The molecule has 0 aliphatic heterocycles. The van der Waals surface area contributed by atoms with Crippen molar-refractivity contribution in [3.05, 3.63) is 41.0 Å². The number of alkyl halides is 3. The van der Waals surface area contributed by atoms with Gasteiger partial charge in [-0.05, 0) is 18.2 Å². The topological polar surface area (TPSA) is 28.7 Å². The third kappa shape index (κ3) is 2.04. The molecule has 1 heterocycles. The summed E-state index contributed by atoms with van der Waals surface area (Å²) in [5.41, 5.74) is -0.428.